The van der Waals surface area contributed by atoms with Gasteiger partial charge in [0.05, 0.1) is 27.8 Å². The van der Waals surface area contributed by atoms with Crippen LogP contribution in [0.1, 0.15) is 22.3 Å². The summed E-state index contributed by atoms with van der Waals surface area (Å²) in [5, 5.41) is 5.17. The molecule has 0 unspecified atom stereocenters. The largest absolute Gasteiger partial charge is 0.310 e. The van der Waals surface area contributed by atoms with Crippen LogP contribution in [0.25, 0.3) is 47.7 Å². The van der Waals surface area contributed by atoms with Crippen molar-refractivity contribution in [2.24, 2.45) is 0 Å². The number of thiophene rings is 1. The van der Waals surface area contributed by atoms with Gasteiger partial charge in [0.25, 0.3) is 0 Å². The molecule has 11 rings (SSSR count). The maximum atomic E-state index is 2.46. The van der Waals surface area contributed by atoms with Crippen molar-refractivity contribution in [1.29, 1.82) is 0 Å². The van der Waals surface area contributed by atoms with Gasteiger partial charge in [-0.05, 0) is 76.9 Å². The van der Waals surface area contributed by atoms with Gasteiger partial charge in [0, 0.05) is 42.3 Å². The third kappa shape index (κ3) is 4.00. The molecule has 2 nitrogen and oxygen atoms in total. The highest BCUT2D eigenvalue weighted by Gasteiger charge is 2.47. The number of aromatic nitrogens is 1. The van der Waals surface area contributed by atoms with Crippen LogP contribution < -0.4 is 4.90 Å². The summed E-state index contributed by atoms with van der Waals surface area (Å²) in [6.45, 7) is 0. The Labute approximate surface area is 306 Å². The van der Waals surface area contributed by atoms with Crippen LogP contribution in [0, 0.1) is 0 Å². The normalized spacial score (nSPS) is 13.5. The number of hydrogen-bond donors (Lipinski definition) is 0. The molecule has 1 aliphatic heterocycles. The van der Waals surface area contributed by atoms with Gasteiger partial charge in [-0.15, -0.1) is 11.3 Å². The van der Waals surface area contributed by atoms with Gasteiger partial charge >= 0.3 is 0 Å². The van der Waals surface area contributed by atoms with Crippen LogP contribution in [-0.2, 0) is 5.41 Å². The van der Waals surface area contributed by atoms with Crippen molar-refractivity contribution in [3.8, 4) is 5.69 Å². The monoisotopic (exact) mass is 680 g/mol. The van der Waals surface area contributed by atoms with Crippen molar-refractivity contribution in [2.45, 2.75) is 5.41 Å². The average molecular weight is 681 g/mol. The van der Waals surface area contributed by atoms with E-state index in [9.17, 15) is 0 Å². The van der Waals surface area contributed by atoms with Gasteiger partial charge < -0.3 is 9.47 Å². The summed E-state index contributed by atoms with van der Waals surface area (Å²) >= 11 is 1.91. The summed E-state index contributed by atoms with van der Waals surface area (Å²) in [4.78, 5) is 2.46. The van der Waals surface area contributed by atoms with E-state index < -0.39 is 5.41 Å². The van der Waals surface area contributed by atoms with Crippen LogP contribution in [0.2, 0.25) is 0 Å². The number of nitrogens with zero attached hydrogens (tertiary/aromatic N) is 2. The Bertz CT molecular complexity index is 2870. The molecule has 0 N–H and O–H groups in total. The molecule has 0 spiro atoms. The summed E-state index contributed by atoms with van der Waals surface area (Å²) in [7, 11) is 0. The van der Waals surface area contributed by atoms with Gasteiger partial charge in [0.15, 0.2) is 0 Å². The molecule has 0 fully saturated rings. The van der Waals surface area contributed by atoms with E-state index in [1.54, 1.807) is 0 Å². The molecule has 3 heterocycles. The summed E-state index contributed by atoms with van der Waals surface area (Å²) in [5.74, 6) is 0. The lowest BCUT2D eigenvalue weighted by atomic mass is 9.62. The molecule has 2 aromatic heterocycles. The number of rotatable bonds is 4. The van der Waals surface area contributed by atoms with E-state index in [0.717, 1.165) is 11.4 Å². The number of hydrogen-bond acceptors (Lipinski definition) is 2. The number of fused-ring (bicyclic) bond motifs is 8. The Balaban J connectivity index is 1.16. The fraction of sp³-hybridized carbons (Fsp3) is 0.0204. The predicted octanol–water partition coefficient (Wildman–Crippen LogP) is 13.3. The zero-order valence-corrected chi connectivity index (χ0v) is 29.1. The molecule has 0 aliphatic carbocycles. The lowest BCUT2D eigenvalue weighted by Gasteiger charge is -2.46. The molecule has 3 heteroatoms. The molecule has 0 saturated carbocycles. The SMILES string of the molecule is c1ccc(C2(c3cccc4c3sc3ccccc34)c3ccccc3N(c3ccc(-n4c5ccccc5c5ccccc54)cc3)c3ccccc32)cc1. The molecule has 0 amide bonds. The van der Waals surface area contributed by atoms with Crippen molar-refractivity contribution in [3.63, 3.8) is 0 Å². The van der Waals surface area contributed by atoms with E-state index in [1.165, 1.54) is 75.6 Å². The molecule has 0 bridgehead atoms. The van der Waals surface area contributed by atoms with Crippen molar-refractivity contribution in [1.82, 2.24) is 4.57 Å². The smallest absolute Gasteiger partial charge is 0.0756 e. The van der Waals surface area contributed by atoms with Crippen LogP contribution in [0.3, 0.4) is 0 Å². The minimum Gasteiger partial charge on any atom is -0.310 e. The van der Waals surface area contributed by atoms with E-state index in [0.29, 0.717) is 0 Å². The molecule has 244 valence electrons. The van der Waals surface area contributed by atoms with E-state index in [2.05, 4.69) is 204 Å². The van der Waals surface area contributed by atoms with Crippen molar-refractivity contribution in [3.05, 3.63) is 216 Å². The molecular weight excluding hydrogens is 649 g/mol. The van der Waals surface area contributed by atoms with Crippen LogP contribution in [0.5, 0.6) is 0 Å². The highest BCUT2D eigenvalue weighted by Crippen LogP contribution is 2.59. The second-order valence-corrected chi connectivity index (χ2v) is 14.7. The molecule has 8 aromatic carbocycles. The minimum absolute atomic E-state index is 0.547. The standard InChI is InChI=1S/C49H32N2S/c1-2-15-33(16-3-1)49(42-23-14-20-39-38-19-6-13-28-47(38)52-48(39)42)40-21-7-11-26-45(40)51(46-27-12-8-22-41(46)49)35-31-29-34(30-32-35)50-43-24-9-4-17-36(43)37-18-5-10-25-44(37)50/h1-32H. The zero-order valence-electron chi connectivity index (χ0n) is 28.3. The van der Waals surface area contributed by atoms with Crippen LogP contribution in [-0.4, -0.2) is 4.57 Å². The van der Waals surface area contributed by atoms with Gasteiger partial charge in [-0.3, -0.25) is 0 Å². The van der Waals surface area contributed by atoms with Crippen LogP contribution in [0.4, 0.5) is 17.1 Å². The maximum absolute atomic E-state index is 2.46. The molecule has 10 aromatic rings. The Morgan fingerprint density at radius 1 is 0.365 bits per heavy atom. The first-order valence-corrected chi connectivity index (χ1v) is 18.7. The first-order chi connectivity index (χ1) is 25.8. The summed E-state index contributed by atoms with van der Waals surface area (Å²) in [5.41, 5.74) is 11.7. The summed E-state index contributed by atoms with van der Waals surface area (Å²) in [6, 6.07) is 71.5. The first-order valence-electron chi connectivity index (χ1n) is 17.9. The van der Waals surface area contributed by atoms with Crippen LogP contribution in [0.15, 0.2) is 194 Å². The predicted molar refractivity (Wildman–Crippen MR) is 220 cm³/mol. The van der Waals surface area contributed by atoms with Gasteiger partial charge in [0.1, 0.15) is 0 Å². The number of benzene rings is 8. The fourth-order valence-electron chi connectivity index (χ4n) is 8.96. The summed E-state index contributed by atoms with van der Waals surface area (Å²) in [6.07, 6.45) is 0. The Morgan fingerprint density at radius 3 is 1.54 bits per heavy atom. The fourth-order valence-corrected chi connectivity index (χ4v) is 10.2. The minimum atomic E-state index is -0.547. The van der Waals surface area contributed by atoms with Gasteiger partial charge in [0.2, 0.25) is 0 Å². The molecule has 52 heavy (non-hydrogen) atoms. The Hall–Kier alpha value is -6.42. The quantitative estimate of drug-likeness (QED) is 0.180. The lowest BCUT2D eigenvalue weighted by Crippen LogP contribution is -2.37. The Morgan fingerprint density at radius 2 is 0.865 bits per heavy atom. The van der Waals surface area contributed by atoms with Gasteiger partial charge in [-0.25, -0.2) is 0 Å². The number of anilines is 3. The maximum Gasteiger partial charge on any atom is 0.0756 e. The van der Waals surface area contributed by atoms with Crippen molar-refractivity contribution >= 4 is 70.4 Å². The second-order valence-electron chi connectivity index (χ2n) is 13.7. The third-order valence-electron chi connectivity index (χ3n) is 11.1. The van der Waals surface area contributed by atoms with Crippen molar-refractivity contribution < 1.29 is 0 Å². The average Bonchev–Trinajstić information content (AvgIpc) is 3.77. The molecule has 0 saturated heterocycles. The third-order valence-corrected chi connectivity index (χ3v) is 12.3. The van der Waals surface area contributed by atoms with E-state index in [4.69, 9.17) is 0 Å². The lowest BCUT2D eigenvalue weighted by molar-refractivity contribution is 0.739. The molecule has 0 atom stereocenters. The highest BCUT2D eigenvalue weighted by atomic mass is 32.1. The highest BCUT2D eigenvalue weighted by molar-refractivity contribution is 7.26. The summed E-state index contributed by atoms with van der Waals surface area (Å²) < 4.78 is 5.04. The number of para-hydroxylation sites is 4. The topological polar surface area (TPSA) is 8.17 Å². The van der Waals surface area contributed by atoms with E-state index in [-0.39, 0.29) is 0 Å². The van der Waals surface area contributed by atoms with Gasteiger partial charge in [-0.2, -0.15) is 0 Å². The zero-order chi connectivity index (χ0) is 34.2. The van der Waals surface area contributed by atoms with Gasteiger partial charge in [-0.1, -0.05) is 140 Å². The molecular formula is C49H32N2S. The first kappa shape index (κ1) is 29.3. The molecule has 0 radical (unpaired) electrons. The Kier molecular flexibility index (Phi) is 6.37. The van der Waals surface area contributed by atoms with Crippen molar-refractivity contribution in [2.75, 3.05) is 4.90 Å². The van der Waals surface area contributed by atoms with E-state index >= 15 is 0 Å². The molecule has 1 aliphatic rings. The van der Waals surface area contributed by atoms with E-state index in [1.807, 2.05) is 11.3 Å². The van der Waals surface area contributed by atoms with Crippen LogP contribution >= 0.6 is 11.3 Å². The second kappa shape index (κ2) is 11.3.